The summed E-state index contributed by atoms with van der Waals surface area (Å²) < 4.78 is 5.12. The first kappa shape index (κ1) is 12.8. The van der Waals surface area contributed by atoms with Crippen LogP contribution in [0.2, 0.25) is 0 Å². The molecule has 0 aliphatic heterocycles. The molecule has 98 valence electrons. The van der Waals surface area contributed by atoms with Gasteiger partial charge in [-0.3, -0.25) is 4.79 Å². The van der Waals surface area contributed by atoms with Crippen molar-refractivity contribution in [1.82, 2.24) is 4.98 Å². The summed E-state index contributed by atoms with van der Waals surface area (Å²) in [7, 11) is 0. The predicted molar refractivity (Wildman–Crippen MR) is 66.9 cm³/mol. The minimum Gasteiger partial charge on any atom is -0.477 e. The minimum absolute atomic E-state index is 0.108. The molecule has 6 nitrogen and oxygen atoms in total. The standard InChI is InChI=1S/C13H12N2O4/c16-12(4-3-10-2-1-7-19-10)15-9-5-6-14-11(8-9)13(17)18/h1-2,5-8H,3-4H2,(H,17,18)(H,14,15,16). The number of carbonyl (C=O) groups is 2. The van der Waals surface area contributed by atoms with Crippen molar-refractivity contribution in [3.05, 3.63) is 48.2 Å². The van der Waals surface area contributed by atoms with Crippen molar-refractivity contribution in [2.75, 3.05) is 5.32 Å². The van der Waals surface area contributed by atoms with E-state index in [-0.39, 0.29) is 18.0 Å². The average molecular weight is 260 g/mol. The first-order valence-corrected chi connectivity index (χ1v) is 5.67. The number of nitrogens with one attached hydrogen (secondary N) is 1. The van der Waals surface area contributed by atoms with Gasteiger partial charge in [0.1, 0.15) is 11.5 Å². The van der Waals surface area contributed by atoms with Crippen LogP contribution in [-0.4, -0.2) is 22.0 Å². The zero-order valence-corrected chi connectivity index (χ0v) is 10.00. The van der Waals surface area contributed by atoms with Gasteiger partial charge in [0, 0.05) is 24.7 Å². The lowest BCUT2D eigenvalue weighted by molar-refractivity contribution is -0.116. The molecule has 0 spiro atoms. The third-order valence-corrected chi connectivity index (χ3v) is 2.44. The Labute approximate surface area is 109 Å². The molecule has 2 heterocycles. The number of pyridine rings is 1. The topological polar surface area (TPSA) is 92.4 Å². The quantitative estimate of drug-likeness (QED) is 0.857. The minimum atomic E-state index is -1.13. The smallest absolute Gasteiger partial charge is 0.354 e. The number of anilines is 1. The van der Waals surface area contributed by atoms with Crippen LogP contribution >= 0.6 is 0 Å². The Bertz CT molecular complexity index is 578. The summed E-state index contributed by atoms with van der Waals surface area (Å²) in [4.78, 5) is 26.1. The van der Waals surface area contributed by atoms with Crippen molar-refractivity contribution >= 4 is 17.6 Å². The van der Waals surface area contributed by atoms with Crippen molar-refractivity contribution in [3.63, 3.8) is 0 Å². The van der Waals surface area contributed by atoms with Crippen LogP contribution in [0.25, 0.3) is 0 Å². The largest absolute Gasteiger partial charge is 0.477 e. The molecule has 0 unspecified atom stereocenters. The van der Waals surface area contributed by atoms with Crippen LogP contribution in [0.1, 0.15) is 22.7 Å². The van der Waals surface area contributed by atoms with Crippen molar-refractivity contribution in [3.8, 4) is 0 Å². The SMILES string of the molecule is O=C(CCc1ccco1)Nc1ccnc(C(=O)O)c1. The van der Waals surface area contributed by atoms with E-state index in [1.807, 2.05) is 0 Å². The molecular formula is C13H12N2O4. The molecule has 0 aliphatic rings. The number of carboxylic acid groups (broad SMARTS) is 1. The second-order valence-corrected chi connectivity index (χ2v) is 3.86. The third kappa shape index (κ3) is 3.67. The zero-order chi connectivity index (χ0) is 13.7. The maximum atomic E-state index is 11.7. The molecule has 0 aliphatic carbocycles. The van der Waals surface area contributed by atoms with E-state index in [0.717, 1.165) is 5.76 Å². The maximum absolute atomic E-state index is 11.7. The molecule has 19 heavy (non-hydrogen) atoms. The summed E-state index contributed by atoms with van der Waals surface area (Å²) in [6, 6.07) is 6.40. The van der Waals surface area contributed by atoms with E-state index in [2.05, 4.69) is 10.3 Å². The lowest BCUT2D eigenvalue weighted by Gasteiger charge is -2.04. The van der Waals surface area contributed by atoms with Gasteiger partial charge in [-0.25, -0.2) is 9.78 Å². The Balaban J connectivity index is 1.91. The normalized spacial score (nSPS) is 10.1. The number of rotatable bonds is 5. The second kappa shape index (κ2) is 5.81. The second-order valence-electron chi connectivity index (χ2n) is 3.86. The van der Waals surface area contributed by atoms with Crippen LogP contribution in [0.15, 0.2) is 41.1 Å². The molecule has 0 bridgehead atoms. The summed E-state index contributed by atoms with van der Waals surface area (Å²) in [6.07, 6.45) is 3.65. The lowest BCUT2D eigenvalue weighted by Crippen LogP contribution is -2.13. The van der Waals surface area contributed by atoms with E-state index in [4.69, 9.17) is 9.52 Å². The fraction of sp³-hybridized carbons (Fsp3) is 0.154. The average Bonchev–Trinajstić information content (AvgIpc) is 2.90. The summed E-state index contributed by atoms with van der Waals surface area (Å²) >= 11 is 0. The number of aromatic carboxylic acids is 1. The fourth-order valence-electron chi connectivity index (χ4n) is 1.54. The number of carbonyl (C=O) groups excluding carboxylic acids is 1. The van der Waals surface area contributed by atoms with Crippen molar-refractivity contribution in [2.24, 2.45) is 0 Å². The predicted octanol–water partition coefficient (Wildman–Crippen LogP) is 1.94. The molecule has 0 atom stereocenters. The number of nitrogens with zero attached hydrogens (tertiary/aromatic N) is 1. The summed E-state index contributed by atoms with van der Waals surface area (Å²) in [5, 5.41) is 11.4. The molecule has 2 rings (SSSR count). The Kier molecular flexibility index (Phi) is 3.92. The number of hydrogen-bond donors (Lipinski definition) is 2. The lowest BCUT2D eigenvalue weighted by atomic mass is 10.2. The van der Waals surface area contributed by atoms with Gasteiger partial charge in [0.05, 0.1) is 6.26 Å². The van der Waals surface area contributed by atoms with Gasteiger partial charge in [0.25, 0.3) is 0 Å². The van der Waals surface area contributed by atoms with Crippen molar-refractivity contribution < 1.29 is 19.1 Å². The van der Waals surface area contributed by atoms with Gasteiger partial charge in [-0.1, -0.05) is 0 Å². The maximum Gasteiger partial charge on any atom is 0.354 e. The molecule has 0 radical (unpaired) electrons. The van der Waals surface area contributed by atoms with Gasteiger partial charge in [-0.05, 0) is 24.3 Å². The molecule has 0 fully saturated rings. The van der Waals surface area contributed by atoms with E-state index in [1.165, 1.54) is 18.3 Å². The molecule has 2 aromatic heterocycles. The number of carboxylic acids is 1. The summed E-state index contributed by atoms with van der Waals surface area (Å²) in [5.41, 5.74) is 0.306. The fourth-order valence-corrected chi connectivity index (χ4v) is 1.54. The van der Waals surface area contributed by atoms with E-state index < -0.39 is 5.97 Å². The van der Waals surface area contributed by atoms with Gasteiger partial charge in [-0.15, -0.1) is 0 Å². The van der Waals surface area contributed by atoms with Gasteiger partial charge >= 0.3 is 5.97 Å². The molecule has 1 amide bonds. The first-order chi connectivity index (χ1) is 9.15. The Morgan fingerprint density at radius 3 is 2.89 bits per heavy atom. The number of furan rings is 1. The number of hydrogen-bond acceptors (Lipinski definition) is 4. The van der Waals surface area contributed by atoms with E-state index in [9.17, 15) is 9.59 Å². The van der Waals surface area contributed by atoms with Crippen LogP contribution < -0.4 is 5.32 Å². The van der Waals surface area contributed by atoms with Gasteiger partial charge in [-0.2, -0.15) is 0 Å². The molecule has 0 saturated carbocycles. The zero-order valence-electron chi connectivity index (χ0n) is 10.00. The molecule has 0 aromatic carbocycles. The van der Waals surface area contributed by atoms with Gasteiger partial charge in [0.2, 0.25) is 5.91 Å². The highest BCUT2D eigenvalue weighted by Crippen LogP contribution is 2.10. The molecular weight excluding hydrogens is 248 g/mol. The first-order valence-electron chi connectivity index (χ1n) is 5.67. The number of aryl methyl sites for hydroxylation is 1. The highest BCUT2D eigenvalue weighted by Gasteiger charge is 2.08. The van der Waals surface area contributed by atoms with Gasteiger partial charge in [0.15, 0.2) is 0 Å². The highest BCUT2D eigenvalue weighted by molar-refractivity contribution is 5.92. The summed E-state index contributed by atoms with van der Waals surface area (Å²) in [5.74, 6) is -0.610. The summed E-state index contributed by atoms with van der Waals surface area (Å²) in [6.45, 7) is 0. The van der Waals surface area contributed by atoms with E-state index in [1.54, 1.807) is 18.4 Å². The number of amides is 1. The molecule has 6 heteroatoms. The van der Waals surface area contributed by atoms with Crippen LogP contribution in [0, 0.1) is 0 Å². The van der Waals surface area contributed by atoms with Crippen LogP contribution in [0.4, 0.5) is 5.69 Å². The Hall–Kier alpha value is -2.63. The highest BCUT2D eigenvalue weighted by atomic mass is 16.4. The van der Waals surface area contributed by atoms with Crippen LogP contribution in [-0.2, 0) is 11.2 Å². The third-order valence-electron chi connectivity index (χ3n) is 2.44. The van der Waals surface area contributed by atoms with Crippen LogP contribution in [0.5, 0.6) is 0 Å². The van der Waals surface area contributed by atoms with Gasteiger partial charge < -0.3 is 14.8 Å². The Morgan fingerprint density at radius 1 is 1.37 bits per heavy atom. The molecule has 2 N–H and O–H groups in total. The van der Waals surface area contributed by atoms with Crippen LogP contribution in [0.3, 0.4) is 0 Å². The number of aromatic nitrogens is 1. The molecule has 2 aromatic rings. The molecule has 0 saturated heterocycles. The van der Waals surface area contributed by atoms with E-state index in [0.29, 0.717) is 12.1 Å². The Morgan fingerprint density at radius 2 is 2.21 bits per heavy atom. The van der Waals surface area contributed by atoms with Crippen molar-refractivity contribution in [1.29, 1.82) is 0 Å². The monoisotopic (exact) mass is 260 g/mol. The van der Waals surface area contributed by atoms with E-state index >= 15 is 0 Å². The van der Waals surface area contributed by atoms with Crippen molar-refractivity contribution in [2.45, 2.75) is 12.8 Å².